The van der Waals surface area contributed by atoms with Crippen LogP contribution in [0.25, 0.3) is 10.6 Å². The largest absolute Gasteiger partial charge is 0.494 e. The van der Waals surface area contributed by atoms with E-state index in [9.17, 15) is 4.79 Å². The summed E-state index contributed by atoms with van der Waals surface area (Å²) in [6.45, 7) is 2.91. The van der Waals surface area contributed by atoms with E-state index in [1.807, 2.05) is 24.3 Å². The van der Waals surface area contributed by atoms with Gasteiger partial charge in [-0.25, -0.2) is 4.98 Å². The normalized spacial score (nSPS) is 10.4. The minimum atomic E-state index is -0.269. The average molecular weight is 306 g/mol. The van der Waals surface area contributed by atoms with E-state index >= 15 is 0 Å². The van der Waals surface area contributed by atoms with Gasteiger partial charge in [-0.3, -0.25) is 4.79 Å². The van der Waals surface area contributed by atoms with Crippen molar-refractivity contribution in [2.45, 2.75) is 13.3 Å². The van der Waals surface area contributed by atoms with Crippen LogP contribution >= 0.6 is 11.3 Å². The number of carbonyl (C=O) groups excluding carboxylic acids is 1. The highest BCUT2D eigenvalue weighted by molar-refractivity contribution is 7.13. The van der Waals surface area contributed by atoms with Gasteiger partial charge in [-0.05, 0) is 30.7 Å². The maximum atomic E-state index is 11.7. The van der Waals surface area contributed by atoms with Crippen LogP contribution < -0.4 is 10.1 Å². The maximum absolute atomic E-state index is 11.7. The van der Waals surface area contributed by atoms with Gasteiger partial charge in [-0.2, -0.15) is 0 Å². The standard InChI is InChI=1S/C15H18N2O3S/c1-2-9-20-12-5-3-11(4-6-12)15-17-13(10-21-15)14(19)16-7-8-18/h3-6,10,18H,2,7-9H2,1H3,(H,16,19). The van der Waals surface area contributed by atoms with Crippen LogP contribution in [0.5, 0.6) is 5.75 Å². The second kappa shape index (κ2) is 7.75. The van der Waals surface area contributed by atoms with Gasteiger partial charge in [0, 0.05) is 17.5 Å². The number of hydrogen-bond donors (Lipinski definition) is 2. The molecule has 0 bridgehead atoms. The number of thiazole rings is 1. The molecule has 0 aliphatic carbocycles. The molecular weight excluding hydrogens is 288 g/mol. The van der Waals surface area contributed by atoms with Gasteiger partial charge < -0.3 is 15.2 Å². The molecule has 6 heteroatoms. The second-order valence-electron chi connectivity index (χ2n) is 4.39. The van der Waals surface area contributed by atoms with Crippen LogP contribution in [0.2, 0.25) is 0 Å². The van der Waals surface area contributed by atoms with Crippen LogP contribution in [-0.2, 0) is 0 Å². The Morgan fingerprint density at radius 3 is 2.81 bits per heavy atom. The molecule has 2 rings (SSSR count). The Morgan fingerprint density at radius 2 is 2.14 bits per heavy atom. The van der Waals surface area contributed by atoms with E-state index in [-0.39, 0.29) is 19.1 Å². The lowest BCUT2D eigenvalue weighted by molar-refractivity contribution is 0.0940. The molecule has 1 amide bonds. The summed E-state index contributed by atoms with van der Waals surface area (Å²) in [5, 5.41) is 13.8. The Hall–Kier alpha value is -1.92. The molecule has 0 saturated carbocycles. The Balaban J connectivity index is 2.05. The Labute approximate surface area is 127 Å². The number of nitrogens with one attached hydrogen (secondary N) is 1. The third-order valence-electron chi connectivity index (χ3n) is 2.71. The first kappa shape index (κ1) is 15.5. The van der Waals surface area contributed by atoms with Crippen molar-refractivity contribution >= 4 is 17.2 Å². The lowest BCUT2D eigenvalue weighted by atomic mass is 10.2. The fourth-order valence-corrected chi connectivity index (χ4v) is 2.49. The van der Waals surface area contributed by atoms with Gasteiger partial charge in [0.2, 0.25) is 0 Å². The molecule has 2 aromatic rings. The number of aliphatic hydroxyl groups excluding tert-OH is 1. The number of benzene rings is 1. The highest BCUT2D eigenvalue weighted by atomic mass is 32.1. The molecule has 0 fully saturated rings. The first-order valence-electron chi connectivity index (χ1n) is 6.82. The fourth-order valence-electron chi connectivity index (χ4n) is 1.68. The van der Waals surface area contributed by atoms with E-state index in [1.54, 1.807) is 5.38 Å². The molecule has 5 nitrogen and oxygen atoms in total. The summed E-state index contributed by atoms with van der Waals surface area (Å²) in [7, 11) is 0. The molecule has 2 N–H and O–H groups in total. The smallest absolute Gasteiger partial charge is 0.270 e. The van der Waals surface area contributed by atoms with Gasteiger partial charge in [-0.1, -0.05) is 6.92 Å². The number of aromatic nitrogens is 1. The molecule has 0 radical (unpaired) electrons. The van der Waals surface area contributed by atoms with Crippen molar-refractivity contribution in [2.75, 3.05) is 19.8 Å². The van der Waals surface area contributed by atoms with Crippen molar-refractivity contribution in [2.24, 2.45) is 0 Å². The van der Waals surface area contributed by atoms with Gasteiger partial charge >= 0.3 is 0 Å². The summed E-state index contributed by atoms with van der Waals surface area (Å²) in [6, 6.07) is 7.66. The summed E-state index contributed by atoms with van der Waals surface area (Å²) < 4.78 is 5.53. The number of rotatable bonds is 7. The zero-order valence-electron chi connectivity index (χ0n) is 11.8. The minimum Gasteiger partial charge on any atom is -0.494 e. The van der Waals surface area contributed by atoms with Gasteiger partial charge in [-0.15, -0.1) is 11.3 Å². The third kappa shape index (κ3) is 4.27. The predicted molar refractivity (Wildman–Crippen MR) is 82.8 cm³/mol. The van der Waals surface area contributed by atoms with Crippen molar-refractivity contribution in [1.82, 2.24) is 10.3 Å². The summed E-state index contributed by atoms with van der Waals surface area (Å²) >= 11 is 1.41. The van der Waals surface area contributed by atoms with Crippen molar-refractivity contribution in [1.29, 1.82) is 0 Å². The Morgan fingerprint density at radius 1 is 1.38 bits per heavy atom. The predicted octanol–water partition coefficient (Wildman–Crippen LogP) is 2.32. The van der Waals surface area contributed by atoms with E-state index in [4.69, 9.17) is 9.84 Å². The highest BCUT2D eigenvalue weighted by Crippen LogP contribution is 2.25. The molecule has 21 heavy (non-hydrogen) atoms. The number of hydrogen-bond acceptors (Lipinski definition) is 5. The average Bonchev–Trinajstić information content (AvgIpc) is 3.01. The quantitative estimate of drug-likeness (QED) is 0.823. The Kier molecular flexibility index (Phi) is 5.71. The molecule has 0 atom stereocenters. The van der Waals surface area contributed by atoms with E-state index in [1.165, 1.54) is 11.3 Å². The highest BCUT2D eigenvalue weighted by Gasteiger charge is 2.11. The van der Waals surface area contributed by atoms with Crippen LogP contribution in [0.3, 0.4) is 0 Å². The zero-order chi connectivity index (χ0) is 15.1. The topological polar surface area (TPSA) is 71.5 Å². The van der Waals surface area contributed by atoms with Crippen LogP contribution in [-0.4, -0.2) is 35.8 Å². The molecule has 0 unspecified atom stereocenters. The molecule has 0 saturated heterocycles. The van der Waals surface area contributed by atoms with Gasteiger partial charge in [0.15, 0.2) is 0 Å². The van der Waals surface area contributed by atoms with Gasteiger partial charge in [0.25, 0.3) is 5.91 Å². The van der Waals surface area contributed by atoms with E-state index in [2.05, 4.69) is 17.2 Å². The monoisotopic (exact) mass is 306 g/mol. The summed E-state index contributed by atoms with van der Waals surface area (Å²) in [6.07, 6.45) is 0.973. The lowest BCUT2D eigenvalue weighted by Crippen LogP contribution is -2.26. The van der Waals surface area contributed by atoms with Crippen LogP contribution in [0.4, 0.5) is 0 Å². The third-order valence-corrected chi connectivity index (χ3v) is 3.60. The SMILES string of the molecule is CCCOc1ccc(-c2nc(C(=O)NCCO)cs2)cc1. The van der Waals surface area contributed by atoms with E-state index in [0.717, 1.165) is 22.7 Å². The van der Waals surface area contributed by atoms with Crippen LogP contribution in [0.1, 0.15) is 23.8 Å². The van der Waals surface area contributed by atoms with Crippen molar-refractivity contribution in [3.8, 4) is 16.3 Å². The molecule has 1 heterocycles. The van der Waals surface area contributed by atoms with E-state index < -0.39 is 0 Å². The minimum absolute atomic E-state index is 0.0814. The Bertz CT molecular complexity index is 581. The first-order chi connectivity index (χ1) is 10.2. The van der Waals surface area contributed by atoms with E-state index in [0.29, 0.717) is 12.3 Å². The molecule has 1 aromatic heterocycles. The molecule has 0 aliphatic heterocycles. The first-order valence-corrected chi connectivity index (χ1v) is 7.70. The second-order valence-corrected chi connectivity index (χ2v) is 5.25. The lowest BCUT2D eigenvalue weighted by Gasteiger charge is -2.04. The summed E-state index contributed by atoms with van der Waals surface area (Å²) in [4.78, 5) is 16.0. The number of carbonyl (C=O) groups is 1. The molecule has 1 aromatic carbocycles. The van der Waals surface area contributed by atoms with Crippen molar-refractivity contribution < 1.29 is 14.6 Å². The number of ether oxygens (including phenoxy) is 1. The van der Waals surface area contributed by atoms with Crippen LogP contribution in [0, 0.1) is 0 Å². The number of amides is 1. The van der Waals surface area contributed by atoms with Gasteiger partial charge in [0.1, 0.15) is 16.5 Å². The summed E-state index contributed by atoms with van der Waals surface area (Å²) in [5.74, 6) is 0.563. The zero-order valence-corrected chi connectivity index (χ0v) is 12.7. The van der Waals surface area contributed by atoms with Crippen LogP contribution in [0.15, 0.2) is 29.6 Å². The maximum Gasteiger partial charge on any atom is 0.270 e. The molecule has 0 spiro atoms. The van der Waals surface area contributed by atoms with Gasteiger partial charge in [0.05, 0.1) is 13.2 Å². The fraction of sp³-hybridized carbons (Fsp3) is 0.333. The van der Waals surface area contributed by atoms with Crippen molar-refractivity contribution in [3.63, 3.8) is 0 Å². The molecular formula is C15H18N2O3S. The van der Waals surface area contributed by atoms with Crippen molar-refractivity contribution in [3.05, 3.63) is 35.3 Å². The molecule has 0 aliphatic rings. The molecule has 112 valence electrons. The number of aliphatic hydroxyl groups is 1. The number of nitrogens with zero attached hydrogens (tertiary/aromatic N) is 1. The summed E-state index contributed by atoms with van der Waals surface area (Å²) in [5.41, 5.74) is 1.32.